The fraction of sp³-hybridized carbons (Fsp3) is 0.417. The van der Waals surface area contributed by atoms with Crippen LogP contribution in [-0.4, -0.2) is 35.4 Å². The molecule has 0 heterocycles. The lowest BCUT2D eigenvalue weighted by Crippen LogP contribution is -2.50. The van der Waals surface area contributed by atoms with Crippen LogP contribution in [0, 0.1) is 5.82 Å². The zero-order chi connectivity index (χ0) is 21.9. The molecule has 2 amide bonds. The normalized spacial score (nSPS) is 11.8. The van der Waals surface area contributed by atoms with Crippen LogP contribution in [0.1, 0.15) is 45.6 Å². The van der Waals surface area contributed by atoms with Crippen molar-refractivity contribution in [2.45, 2.75) is 58.7 Å². The smallest absolute Gasteiger partial charge is 0.243 e. The average molecular weight is 415 g/mol. The molecule has 2 aromatic carbocycles. The second kappa shape index (κ2) is 12.0. The fourth-order valence-electron chi connectivity index (χ4n) is 3.16. The first-order chi connectivity index (χ1) is 14.4. The van der Waals surface area contributed by atoms with Crippen molar-refractivity contribution < 1.29 is 18.7 Å². The zero-order valence-corrected chi connectivity index (χ0v) is 17.9. The van der Waals surface area contributed by atoms with Gasteiger partial charge in [0.25, 0.3) is 0 Å². The standard InChI is InChI=1S/C24H31FN2O3/c1-4-22(24(29)26-18(2)3)27(17-19-12-14-20(25)15-13-19)23(28)11-8-16-30-21-9-6-5-7-10-21/h5-7,9-10,12-15,18,22H,4,8,11,16-17H2,1-3H3,(H,26,29)/t22-/m1/s1. The van der Waals surface area contributed by atoms with Crippen LogP contribution >= 0.6 is 0 Å². The molecule has 0 saturated carbocycles. The summed E-state index contributed by atoms with van der Waals surface area (Å²) in [5.41, 5.74) is 0.779. The van der Waals surface area contributed by atoms with Gasteiger partial charge >= 0.3 is 0 Å². The van der Waals surface area contributed by atoms with Gasteiger partial charge in [-0.15, -0.1) is 0 Å². The summed E-state index contributed by atoms with van der Waals surface area (Å²) in [6.45, 7) is 6.32. The van der Waals surface area contributed by atoms with Crippen LogP contribution in [0.15, 0.2) is 54.6 Å². The number of carbonyl (C=O) groups excluding carboxylic acids is 2. The Morgan fingerprint density at radius 1 is 1.07 bits per heavy atom. The molecule has 1 atom stereocenters. The van der Waals surface area contributed by atoms with Crippen molar-refractivity contribution in [2.24, 2.45) is 0 Å². The summed E-state index contributed by atoms with van der Waals surface area (Å²) in [6, 6.07) is 14.8. The van der Waals surface area contributed by atoms with E-state index in [1.807, 2.05) is 51.1 Å². The summed E-state index contributed by atoms with van der Waals surface area (Å²) in [4.78, 5) is 27.3. The number of nitrogens with zero attached hydrogens (tertiary/aromatic N) is 1. The molecule has 0 unspecified atom stereocenters. The molecular formula is C24H31FN2O3. The van der Waals surface area contributed by atoms with E-state index >= 15 is 0 Å². The topological polar surface area (TPSA) is 58.6 Å². The van der Waals surface area contributed by atoms with Crippen LogP contribution in [0.25, 0.3) is 0 Å². The number of hydrogen-bond donors (Lipinski definition) is 1. The van der Waals surface area contributed by atoms with Gasteiger partial charge in [-0.2, -0.15) is 0 Å². The third-order valence-electron chi connectivity index (χ3n) is 4.63. The highest BCUT2D eigenvalue weighted by Gasteiger charge is 2.28. The minimum Gasteiger partial charge on any atom is -0.494 e. The average Bonchev–Trinajstić information content (AvgIpc) is 2.72. The number of rotatable bonds is 11. The van der Waals surface area contributed by atoms with Gasteiger partial charge in [-0.3, -0.25) is 9.59 Å². The molecule has 0 radical (unpaired) electrons. The van der Waals surface area contributed by atoms with Gasteiger partial charge in [0.1, 0.15) is 17.6 Å². The maximum absolute atomic E-state index is 13.3. The van der Waals surface area contributed by atoms with Crippen molar-refractivity contribution in [3.05, 3.63) is 66.0 Å². The highest BCUT2D eigenvalue weighted by atomic mass is 19.1. The van der Waals surface area contributed by atoms with Crippen LogP contribution in [0.5, 0.6) is 5.75 Å². The highest BCUT2D eigenvalue weighted by Crippen LogP contribution is 2.16. The molecular weight excluding hydrogens is 383 g/mol. The number of halogens is 1. The van der Waals surface area contributed by atoms with Gasteiger partial charge in [0, 0.05) is 19.0 Å². The lowest BCUT2D eigenvalue weighted by molar-refractivity contribution is -0.141. The molecule has 0 aliphatic rings. The molecule has 6 heteroatoms. The van der Waals surface area contributed by atoms with E-state index in [1.165, 1.54) is 12.1 Å². The van der Waals surface area contributed by atoms with Gasteiger partial charge in [-0.25, -0.2) is 4.39 Å². The van der Waals surface area contributed by atoms with Crippen LogP contribution in [0.3, 0.4) is 0 Å². The molecule has 2 rings (SSSR count). The van der Waals surface area contributed by atoms with Crippen molar-refractivity contribution in [2.75, 3.05) is 6.61 Å². The van der Waals surface area contributed by atoms with Gasteiger partial charge in [0.05, 0.1) is 6.61 Å². The number of ether oxygens (including phenoxy) is 1. The van der Waals surface area contributed by atoms with Crippen molar-refractivity contribution in [3.63, 3.8) is 0 Å². The Morgan fingerprint density at radius 3 is 2.33 bits per heavy atom. The molecule has 0 aliphatic heterocycles. The number of benzene rings is 2. The lowest BCUT2D eigenvalue weighted by Gasteiger charge is -2.31. The first-order valence-corrected chi connectivity index (χ1v) is 10.4. The van der Waals surface area contributed by atoms with Crippen molar-refractivity contribution >= 4 is 11.8 Å². The summed E-state index contributed by atoms with van der Waals surface area (Å²) in [6.07, 6.45) is 1.29. The van der Waals surface area contributed by atoms with Crippen LogP contribution in [-0.2, 0) is 16.1 Å². The molecule has 0 aliphatic carbocycles. The zero-order valence-electron chi connectivity index (χ0n) is 17.9. The number of carbonyl (C=O) groups is 2. The first kappa shape index (κ1) is 23.4. The second-order valence-corrected chi connectivity index (χ2v) is 7.50. The maximum atomic E-state index is 13.3. The van der Waals surface area contributed by atoms with Crippen LogP contribution < -0.4 is 10.1 Å². The van der Waals surface area contributed by atoms with Gasteiger partial charge in [-0.05, 0) is 56.5 Å². The number of para-hydroxylation sites is 1. The minimum atomic E-state index is -0.583. The van der Waals surface area contributed by atoms with Gasteiger partial charge < -0.3 is 15.0 Å². The monoisotopic (exact) mass is 414 g/mol. The van der Waals surface area contributed by atoms with Gasteiger partial charge in [0.2, 0.25) is 11.8 Å². The van der Waals surface area contributed by atoms with E-state index in [0.29, 0.717) is 19.4 Å². The van der Waals surface area contributed by atoms with Crippen LogP contribution in [0.2, 0.25) is 0 Å². The number of amides is 2. The van der Waals surface area contributed by atoms with Gasteiger partial charge in [0.15, 0.2) is 0 Å². The summed E-state index contributed by atoms with van der Waals surface area (Å²) >= 11 is 0. The Hall–Kier alpha value is -2.89. The quantitative estimate of drug-likeness (QED) is 0.557. The third-order valence-corrected chi connectivity index (χ3v) is 4.63. The molecule has 30 heavy (non-hydrogen) atoms. The Kier molecular flexibility index (Phi) is 9.32. The molecule has 1 N–H and O–H groups in total. The van der Waals surface area contributed by atoms with E-state index in [-0.39, 0.29) is 36.6 Å². The Balaban J connectivity index is 2.05. The fourth-order valence-corrected chi connectivity index (χ4v) is 3.16. The van der Waals surface area contributed by atoms with Crippen molar-refractivity contribution in [1.82, 2.24) is 10.2 Å². The molecule has 162 valence electrons. The molecule has 0 aromatic heterocycles. The molecule has 0 saturated heterocycles. The van der Waals surface area contributed by atoms with Crippen molar-refractivity contribution in [3.8, 4) is 5.75 Å². The predicted molar refractivity (Wildman–Crippen MR) is 115 cm³/mol. The van der Waals surface area contributed by atoms with Gasteiger partial charge in [-0.1, -0.05) is 37.3 Å². The Bertz CT molecular complexity index is 794. The van der Waals surface area contributed by atoms with E-state index in [2.05, 4.69) is 5.32 Å². The molecule has 5 nitrogen and oxygen atoms in total. The van der Waals surface area contributed by atoms with E-state index in [1.54, 1.807) is 17.0 Å². The lowest BCUT2D eigenvalue weighted by atomic mass is 10.1. The molecule has 2 aromatic rings. The molecule has 0 fully saturated rings. The minimum absolute atomic E-state index is 0.0198. The number of nitrogens with one attached hydrogen (secondary N) is 1. The molecule has 0 spiro atoms. The van der Waals surface area contributed by atoms with E-state index in [0.717, 1.165) is 11.3 Å². The van der Waals surface area contributed by atoms with E-state index in [9.17, 15) is 14.0 Å². The summed E-state index contributed by atoms with van der Waals surface area (Å²) in [5.74, 6) is 0.125. The maximum Gasteiger partial charge on any atom is 0.243 e. The SMILES string of the molecule is CC[C@H](C(=O)NC(C)C)N(Cc1ccc(F)cc1)C(=O)CCCOc1ccccc1. The largest absolute Gasteiger partial charge is 0.494 e. The predicted octanol–water partition coefficient (Wildman–Crippen LogP) is 4.32. The summed E-state index contributed by atoms with van der Waals surface area (Å²) in [7, 11) is 0. The summed E-state index contributed by atoms with van der Waals surface area (Å²) < 4.78 is 18.9. The first-order valence-electron chi connectivity index (χ1n) is 10.4. The highest BCUT2D eigenvalue weighted by molar-refractivity contribution is 5.87. The Labute approximate surface area is 178 Å². The Morgan fingerprint density at radius 2 is 1.73 bits per heavy atom. The van der Waals surface area contributed by atoms with E-state index in [4.69, 9.17) is 4.74 Å². The summed E-state index contributed by atoms with van der Waals surface area (Å²) in [5, 5.41) is 2.90. The third kappa shape index (κ3) is 7.50. The van der Waals surface area contributed by atoms with Crippen LogP contribution in [0.4, 0.5) is 4.39 Å². The van der Waals surface area contributed by atoms with E-state index < -0.39 is 6.04 Å². The van der Waals surface area contributed by atoms with Crippen molar-refractivity contribution in [1.29, 1.82) is 0 Å². The number of hydrogen-bond acceptors (Lipinski definition) is 3. The molecule has 0 bridgehead atoms. The second-order valence-electron chi connectivity index (χ2n) is 7.50.